The maximum atomic E-state index is 12.3. The van der Waals surface area contributed by atoms with Gasteiger partial charge in [0.25, 0.3) is 5.91 Å². The molecule has 1 heterocycles. The number of carbonyl (C=O) groups excluding carboxylic acids is 1. The summed E-state index contributed by atoms with van der Waals surface area (Å²) >= 11 is 0. The SMILES string of the molecule is N#Cc1ccc(C(=O)Nc2ccnn2C2CCCCC2)cc1. The molecular formula is C17H18N4O. The number of nitriles is 1. The molecule has 1 amide bonds. The summed E-state index contributed by atoms with van der Waals surface area (Å²) in [6.45, 7) is 0. The standard InChI is InChI=1S/C17H18N4O/c18-12-13-6-8-14(9-7-13)17(22)20-16-10-11-19-21(16)15-4-2-1-3-5-15/h6-11,15H,1-5H2,(H,20,22). The van der Waals surface area contributed by atoms with Gasteiger partial charge >= 0.3 is 0 Å². The van der Waals surface area contributed by atoms with Crippen molar-refractivity contribution in [3.63, 3.8) is 0 Å². The van der Waals surface area contributed by atoms with Crippen LogP contribution in [-0.4, -0.2) is 15.7 Å². The van der Waals surface area contributed by atoms with Crippen LogP contribution in [0.3, 0.4) is 0 Å². The Morgan fingerprint density at radius 1 is 1.18 bits per heavy atom. The highest BCUT2D eigenvalue weighted by Gasteiger charge is 2.19. The largest absolute Gasteiger partial charge is 0.307 e. The second-order valence-electron chi connectivity index (χ2n) is 5.60. The Balaban J connectivity index is 1.74. The van der Waals surface area contributed by atoms with Crippen LogP contribution in [0, 0.1) is 11.3 Å². The van der Waals surface area contributed by atoms with Gasteiger partial charge in [-0.15, -0.1) is 0 Å². The number of amides is 1. The molecule has 22 heavy (non-hydrogen) atoms. The van der Waals surface area contributed by atoms with Crippen LogP contribution in [0.1, 0.15) is 54.1 Å². The Kier molecular flexibility index (Phi) is 4.19. The van der Waals surface area contributed by atoms with Crippen molar-refractivity contribution >= 4 is 11.7 Å². The van der Waals surface area contributed by atoms with Crippen molar-refractivity contribution in [2.45, 2.75) is 38.1 Å². The highest BCUT2D eigenvalue weighted by Crippen LogP contribution is 2.30. The van der Waals surface area contributed by atoms with Crippen molar-refractivity contribution in [3.05, 3.63) is 47.7 Å². The Bertz CT molecular complexity index is 690. The molecule has 1 aromatic carbocycles. The third kappa shape index (κ3) is 3.01. The smallest absolute Gasteiger partial charge is 0.256 e. The predicted molar refractivity (Wildman–Crippen MR) is 83.5 cm³/mol. The number of rotatable bonds is 3. The quantitative estimate of drug-likeness (QED) is 0.941. The predicted octanol–water partition coefficient (Wildman–Crippen LogP) is 3.51. The summed E-state index contributed by atoms with van der Waals surface area (Å²) in [4.78, 5) is 12.3. The van der Waals surface area contributed by atoms with Gasteiger partial charge in [0.15, 0.2) is 0 Å². The van der Waals surface area contributed by atoms with E-state index in [1.165, 1.54) is 19.3 Å². The monoisotopic (exact) mass is 294 g/mol. The van der Waals surface area contributed by atoms with Gasteiger partial charge in [0.2, 0.25) is 0 Å². The van der Waals surface area contributed by atoms with Crippen molar-refractivity contribution in [1.82, 2.24) is 9.78 Å². The molecule has 1 aliphatic carbocycles. The van der Waals surface area contributed by atoms with Gasteiger partial charge in [0.1, 0.15) is 5.82 Å². The first-order valence-corrected chi connectivity index (χ1v) is 7.63. The average molecular weight is 294 g/mol. The number of anilines is 1. The van der Waals surface area contributed by atoms with Crippen LogP contribution < -0.4 is 5.32 Å². The van der Waals surface area contributed by atoms with E-state index < -0.39 is 0 Å². The van der Waals surface area contributed by atoms with Crippen molar-refractivity contribution in [3.8, 4) is 6.07 Å². The number of benzene rings is 1. The minimum atomic E-state index is -0.179. The van der Waals surface area contributed by atoms with Crippen LogP contribution in [0.2, 0.25) is 0 Å². The van der Waals surface area contributed by atoms with E-state index in [0.717, 1.165) is 18.7 Å². The maximum Gasteiger partial charge on any atom is 0.256 e. The summed E-state index contributed by atoms with van der Waals surface area (Å²) in [6, 6.07) is 10.9. The molecule has 0 aliphatic heterocycles. The maximum absolute atomic E-state index is 12.3. The van der Waals surface area contributed by atoms with Gasteiger partial charge in [-0.3, -0.25) is 4.79 Å². The van der Waals surface area contributed by atoms with E-state index >= 15 is 0 Å². The molecule has 5 nitrogen and oxygen atoms in total. The first kappa shape index (κ1) is 14.3. The Hall–Kier alpha value is -2.61. The average Bonchev–Trinajstić information content (AvgIpc) is 3.04. The van der Waals surface area contributed by atoms with Gasteiger partial charge in [-0.1, -0.05) is 19.3 Å². The third-order valence-electron chi connectivity index (χ3n) is 4.11. The number of nitrogens with zero attached hydrogens (tertiary/aromatic N) is 3. The first-order chi connectivity index (χ1) is 10.8. The molecule has 0 bridgehead atoms. The van der Waals surface area contributed by atoms with E-state index in [9.17, 15) is 4.79 Å². The van der Waals surface area contributed by atoms with E-state index in [-0.39, 0.29) is 5.91 Å². The molecule has 1 aliphatic rings. The molecule has 5 heteroatoms. The lowest BCUT2D eigenvalue weighted by Crippen LogP contribution is -2.20. The van der Waals surface area contributed by atoms with Gasteiger partial charge in [0.05, 0.1) is 23.9 Å². The zero-order valence-corrected chi connectivity index (χ0v) is 12.3. The minimum absolute atomic E-state index is 0.179. The number of nitrogens with one attached hydrogen (secondary N) is 1. The zero-order valence-electron chi connectivity index (χ0n) is 12.3. The molecule has 1 saturated carbocycles. The summed E-state index contributed by atoms with van der Waals surface area (Å²) in [5.41, 5.74) is 1.08. The molecule has 0 spiro atoms. The van der Waals surface area contributed by atoms with Crippen LogP contribution in [0.5, 0.6) is 0 Å². The topological polar surface area (TPSA) is 70.7 Å². The summed E-state index contributed by atoms with van der Waals surface area (Å²) in [5, 5.41) is 16.1. The van der Waals surface area contributed by atoms with Crippen molar-refractivity contribution < 1.29 is 4.79 Å². The molecule has 1 fully saturated rings. The molecule has 1 aromatic heterocycles. The second-order valence-corrected chi connectivity index (χ2v) is 5.60. The zero-order chi connectivity index (χ0) is 15.4. The Morgan fingerprint density at radius 3 is 2.59 bits per heavy atom. The van der Waals surface area contributed by atoms with E-state index in [4.69, 9.17) is 5.26 Å². The molecule has 1 N–H and O–H groups in total. The lowest BCUT2D eigenvalue weighted by atomic mass is 9.96. The second kappa shape index (κ2) is 6.44. The van der Waals surface area contributed by atoms with Crippen LogP contribution in [0.25, 0.3) is 0 Å². The highest BCUT2D eigenvalue weighted by molar-refractivity contribution is 6.03. The molecule has 112 valence electrons. The fourth-order valence-electron chi connectivity index (χ4n) is 2.91. The number of hydrogen-bond donors (Lipinski definition) is 1. The fourth-order valence-corrected chi connectivity index (χ4v) is 2.91. The molecule has 3 rings (SSSR count). The fraction of sp³-hybridized carbons (Fsp3) is 0.353. The lowest BCUT2D eigenvalue weighted by Gasteiger charge is -2.23. The van der Waals surface area contributed by atoms with Crippen LogP contribution in [0.4, 0.5) is 5.82 Å². The Labute approximate surface area is 129 Å². The van der Waals surface area contributed by atoms with Gasteiger partial charge in [-0.2, -0.15) is 10.4 Å². The summed E-state index contributed by atoms with van der Waals surface area (Å²) in [5.74, 6) is 0.559. The number of hydrogen-bond acceptors (Lipinski definition) is 3. The van der Waals surface area contributed by atoms with Gasteiger partial charge in [0, 0.05) is 11.6 Å². The van der Waals surface area contributed by atoms with Gasteiger partial charge in [-0.25, -0.2) is 4.68 Å². The van der Waals surface area contributed by atoms with Crippen molar-refractivity contribution in [2.24, 2.45) is 0 Å². The highest BCUT2D eigenvalue weighted by atomic mass is 16.1. The van der Waals surface area contributed by atoms with E-state index in [2.05, 4.69) is 10.4 Å². The van der Waals surface area contributed by atoms with Crippen molar-refractivity contribution in [1.29, 1.82) is 5.26 Å². The van der Waals surface area contributed by atoms with Crippen LogP contribution >= 0.6 is 0 Å². The molecule has 0 radical (unpaired) electrons. The first-order valence-electron chi connectivity index (χ1n) is 7.63. The molecule has 2 aromatic rings. The number of aromatic nitrogens is 2. The van der Waals surface area contributed by atoms with Crippen molar-refractivity contribution in [2.75, 3.05) is 5.32 Å². The number of carbonyl (C=O) groups is 1. The van der Waals surface area contributed by atoms with Crippen LogP contribution in [-0.2, 0) is 0 Å². The van der Waals surface area contributed by atoms with Crippen LogP contribution in [0.15, 0.2) is 36.5 Å². The van der Waals surface area contributed by atoms with E-state index in [1.54, 1.807) is 30.5 Å². The summed E-state index contributed by atoms with van der Waals surface area (Å²) in [6.07, 6.45) is 7.66. The van der Waals surface area contributed by atoms with E-state index in [1.807, 2.05) is 16.8 Å². The Morgan fingerprint density at radius 2 is 1.91 bits per heavy atom. The van der Waals surface area contributed by atoms with E-state index in [0.29, 0.717) is 17.2 Å². The molecule has 0 atom stereocenters. The third-order valence-corrected chi connectivity index (χ3v) is 4.11. The lowest BCUT2D eigenvalue weighted by molar-refractivity contribution is 0.102. The molecule has 0 unspecified atom stereocenters. The van der Waals surface area contributed by atoms with Gasteiger partial charge in [-0.05, 0) is 37.1 Å². The summed E-state index contributed by atoms with van der Waals surface area (Å²) in [7, 11) is 0. The van der Waals surface area contributed by atoms with Gasteiger partial charge < -0.3 is 5.32 Å². The minimum Gasteiger partial charge on any atom is -0.307 e. The molecule has 0 saturated heterocycles. The normalized spacial score (nSPS) is 15.2. The molecular weight excluding hydrogens is 276 g/mol. The summed E-state index contributed by atoms with van der Waals surface area (Å²) < 4.78 is 1.93.